The smallest absolute Gasteiger partial charge is 0.272 e. The van der Waals surface area contributed by atoms with Crippen LogP contribution in [-0.4, -0.2) is 22.8 Å². The number of nitrogens with one attached hydrogen (secondary N) is 1. The summed E-state index contributed by atoms with van der Waals surface area (Å²) in [6.07, 6.45) is 1.64. The van der Waals surface area contributed by atoms with Gasteiger partial charge in [0.2, 0.25) is 0 Å². The number of hydrogen-bond donors (Lipinski definition) is 1. The number of benzene rings is 2. The van der Waals surface area contributed by atoms with E-state index < -0.39 is 0 Å². The maximum Gasteiger partial charge on any atom is 0.272 e. The van der Waals surface area contributed by atoms with Crippen molar-refractivity contribution < 1.29 is 4.79 Å². The minimum atomic E-state index is -0.109. The van der Waals surface area contributed by atoms with Crippen LogP contribution in [0.2, 0.25) is 0 Å². The highest BCUT2D eigenvalue weighted by atomic mass is 79.9. The molecule has 1 aromatic heterocycles. The Morgan fingerprint density at radius 1 is 1.04 bits per heavy atom. The average molecular weight is 396 g/mol. The van der Waals surface area contributed by atoms with Gasteiger partial charge in [-0.05, 0) is 35.9 Å². The summed E-state index contributed by atoms with van der Waals surface area (Å²) in [6, 6.07) is 21.4. The highest BCUT2D eigenvalue weighted by molar-refractivity contribution is 9.10. The lowest BCUT2D eigenvalue weighted by atomic mass is 10.2. The van der Waals surface area contributed by atoms with E-state index in [1.54, 1.807) is 24.2 Å². The lowest BCUT2D eigenvalue weighted by Crippen LogP contribution is -2.27. The molecule has 0 aliphatic carbocycles. The molecule has 0 spiro atoms. The second-order valence-electron chi connectivity index (χ2n) is 5.71. The monoisotopic (exact) mass is 395 g/mol. The molecule has 3 rings (SSSR count). The van der Waals surface area contributed by atoms with Gasteiger partial charge in [0.25, 0.3) is 5.91 Å². The van der Waals surface area contributed by atoms with Gasteiger partial charge in [-0.25, -0.2) is 0 Å². The zero-order chi connectivity index (χ0) is 17.6. The van der Waals surface area contributed by atoms with Crippen molar-refractivity contribution in [2.45, 2.75) is 6.54 Å². The topological polar surface area (TPSA) is 45.2 Å². The van der Waals surface area contributed by atoms with E-state index in [1.165, 1.54) is 0 Å². The SMILES string of the molecule is CN(Cc1ccccc1)C(=O)c1cc(Nc2cccc(Br)c2)ccn1. The van der Waals surface area contributed by atoms with Gasteiger partial charge >= 0.3 is 0 Å². The second-order valence-corrected chi connectivity index (χ2v) is 6.63. The Morgan fingerprint density at radius 3 is 2.56 bits per heavy atom. The van der Waals surface area contributed by atoms with Crippen LogP contribution in [0.15, 0.2) is 77.4 Å². The van der Waals surface area contributed by atoms with Crippen molar-refractivity contribution in [3.05, 3.63) is 88.7 Å². The minimum Gasteiger partial charge on any atom is -0.355 e. The Kier molecular flexibility index (Phi) is 5.46. The number of hydrogen-bond acceptors (Lipinski definition) is 3. The van der Waals surface area contributed by atoms with Crippen LogP contribution in [0, 0.1) is 0 Å². The van der Waals surface area contributed by atoms with E-state index >= 15 is 0 Å². The molecule has 0 unspecified atom stereocenters. The first kappa shape index (κ1) is 17.2. The van der Waals surface area contributed by atoms with Crippen LogP contribution in [0.25, 0.3) is 0 Å². The predicted octanol–water partition coefficient (Wildman–Crippen LogP) is 4.86. The Morgan fingerprint density at radius 2 is 1.80 bits per heavy atom. The number of aromatic nitrogens is 1. The van der Waals surface area contributed by atoms with Crippen LogP contribution < -0.4 is 5.32 Å². The molecule has 0 radical (unpaired) electrons. The fourth-order valence-electron chi connectivity index (χ4n) is 2.48. The summed E-state index contributed by atoms with van der Waals surface area (Å²) in [5.41, 5.74) is 3.27. The summed E-state index contributed by atoms with van der Waals surface area (Å²) in [4.78, 5) is 18.5. The fraction of sp³-hybridized carbons (Fsp3) is 0.100. The predicted molar refractivity (Wildman–Crippen MR) is 104 cm³/mol. The molecule has 0 saturated heterocycles. The van der Waals surface area contributed by atoms with Crippen LogP contribution in [0.4, 0.5) is 11.4 Å². The zero-order valence-corrected chi connectivity index (χ0v) is 15.4. The summed E-state index contributed by atoms with van der Waals surface area (Å²) >= 11 is 3.45. The molecule has 0 fully saturated rings. The molecule has 0 saturated carbocycles. The normalized spacial score (nSPS) is 10.3. The number of carbonyl (C=O) groups excluding carboxylic acids is 1. The second kappa shape index (κ2) is 7.94. The third-order valence-electron chi connectivity index (χ3n) is 3.70. The average Bonchev–Trinajstić information content (AvgIpc) is 2.62. The lowest BCUT2D eigenvalue weighted by Gasteiger charge is -2.17. The van der Waals surface area contributed by atoms with Crippen molar-refractivity contribution in [1.82, 2.24) is 9.88 Å². The minimum absolute atomic E-state index is 0.109. The van der Waals surface area contributed by atoms with Gasteiger partial charge in [-0.2, -0.15) is 0 Å². The standard InChI is InChI=1S/C20H18BrN3O/c1-24(14-15-6-3-2-4-7-15)20(25)19-13-18(10-11-22-19)23-17-9-5-8-16(21)12-17/h2-13H,14H2,1H3,(H,22,23). The van der Waals surface area contributed by atoms with E-state index in [-0.39, 0.29) is 5.91 Å². The van der Waals surface area contributed by atoms with E-state index in [2.05, 4.69) is 26.2 Å². The van der Waals surface area contributed by atoms with E-state index in [1.807, 2.05) is 60.7 Å². The summed E-state index contributed by atoms with van der Waals surface area (Å²) in [6.45, 7) is 0.546. The third-order valence-corrected chi connectivity index (χ3v) is 4.19. The van der Waals surface area contributed by atoms with Gasteiger partial charge in [0.15, 0.2) is 0 Å². The number of rotatable bonds is 5. The van der Waals surface area contributed by atoms with Crippen molar-refractivity contribution in [3.63, 3.8) is 0 Å². The van der Waals surface area contributed by atoms with Gasteiger partial charge in [-0.15, -0.1) is 0 Å². The molecule has 1 N–H and O–H groups in total. The number of nitrogens with zero attached hydrogens (tertiary/aromatic N) is 2. The Balaban J connectivity index is 1.73. The molecule has 3 aromatic rings. The van der Waals surface area contributed by atoms with E-state index in [0.717, 1.165) is 21.4 Å². The molecule has 2 aromatic carbocycles. The maximum absolute atomic E-state index is 12.6. The van der Waals surface area contributed by atoms with E-state index in [4.69, 9.17) is 0 Å². The van der Waals surface area contributed by atoms with Gasteiger partial charge in [-0.1, -0.05) is 52.3 Å². The van der Waals surface area contributed by atoms with Crippen molar-refractivity contribution in [2.75, 3.05) is 12.4 Å². The molecule has 0 aliphatic rings. The highest BCUT2D eigenvalue weighted by Crippen LogP contribution is 2.21. The van der Waals surface area contributed by atoms with Crippen molar-refractivity contribution >= 4 is 33.2 Å². The van der Waals surface area contributed by atoms with E-state index in [0.29, 0.717) is 12.2 Å². The number of halogens is 1. The van der Waals surface area contributed by atoms with Crippen molar-refractivity contribution in [3.8, 4) is 0 Å². The van der Waals surface area contributed by atoms with Gasteiger partial charge in [0.1, 0.15) is 5.69 Å². The Labute approximate surface area is 155 Å². The fourth-order valence-corrected chi connectivity index (χ4v) is 2.88. The summed E-state index contributed by atoms with van der Waals surface area (Å²) in [7, 11) is 1.78. The molecule has 126 valence electrons. The van der Waals surface area contributed by atoms with Gasteiger partial charge < -0.3 is 10.2 Å². The zero-order valence-electron chi connectivity index (χ0n) is 13.8. The van der Waals surface area contributed by atoms with Gasteiger partial charge in [0.05, 0.1) is 0 Å². The number of pyridine rings is 1. The van der Waals surface area contributed by atoms with Crippen LogP contribution in [0.5, 0.6) is 0 Å². The number of carbonyl (C=O) groups is 1. The van der Waals surface area contributed by atoms with Gasteiger partial charge in [-0.3, -0.25) is 9.78 Å². The Hall–Kier alpha value is -2.66. The summed E-state index contributed by atoms with van der Waals surface area (Å²) < 4.78 is 0.991. The maximum atomic E-state index is 12.6. The molecular formula is C20H18BrN3O. The van der Waals surface area contributed by atoms with E-state index in [9.17, 15) is 4.79 Å². The molecule has 25 heavy (non-hydrogen) atoms. The van der Waals surface area contributed by atoms with Crippen molar-refractivity contribution in [1.29, 1.82) is 0 Å². The Bertz CT molecular complexity index is 868. The van der Waals surface area contributed by atoms with Crippen LogP contribution >= 0.6 is 15.9 Å². The van der Waals surface area contributed by atoms with Crippen molar-refractivity contribution in [2.24, 2.45) is 0 Å². The molecular weight excluding hydrogens is 378 g/mol. The highest BCUT2D eigenvalue weighted by Gasteiger charge is 2.14. The molecule has 5 heteroatoms. The largest absolute Gasteiger partial charge is 0.355 e. The first-order chi connectivity index (χ1) is 12.1. The lowest BCUT2D eigenvalue weighted by molar-refractivity contribution is 0.0779. The third kappa shape index (κ3) is 4.67. The summed E-state index contributed by atoms with van der Waals surface area (Å²) in [5, 5.41) is 3.29. The van der Waals surface area contributed by atoms with Crippen LogP contribution in [-0.2, 0) is 6.54 Å². The number of amides is 1. The quantitative estimate of drug-likeness (QED) is 0.670. The number of anilines is 2. The molecule has 1 amide bonds. The molecule has 0 bridgehead atoms. The molecule has 0 atom stereocenters. The summed E-state index contributed by atoms with van der Waals surface area (Å²) in [5.74, 6) is -0.109. The molecule has 0 aliphatic heterocycles. The first-order valence-electron chi connectivity index (χ1n) is 7.90. The first-order valence-corrected chi connectivity index (χ1v) is 8.69. The molecule has 4 nitrogen and oxygen atoms in total. The van der Waals surface area contributed by atoms with Crippen LogP contribution in [0.1, 0.15) is 16.1 Å². The molecule has 1 heterocycles. The van der Waals surface area contributed by atoms with Crippen LogP contribution in [0.3, 0.4) is 0 Å². The van der Waals surface area contributed by atoms with Gasteiger partial charge in [0, 0.05) is 35.6 Å².